The fourth-order valence-electron chi connectivity index (χ4n) is 3.56. The molecule has 0 saturated carbocycles. The Labute approximate surface area is 155 Å². The van der Waals surface area contributed by atoms with Gasteiger partial charge in [-0.3, -0.25) is 14.5 Å². The highest BCUT2D eigenvalue weighted by Crippen LogP contribution is 2.46. The molecule has 2 aliphatic rings. The number of hydrogen-bond acceptors (Lipinski definition) is 4. The summed E-state index contributed by atoms with van der Waals surface area (Å²) in [6.07, 6.45) is 8.29. The number of benzene rings is 1. The number of ether oxygens (including phenoxy) is 2. The first-order valence-corrected chi connectivity index (χ1v) is 9.64. The molecule has 140 valence electrons. The van der Waals surface area contributed by atoms with Crippen molar-refractivity contribution in [1.29, 1.82) is 0 Å². The van der Waals surface area contributed by atoms with Gasteiger partial charge in [-0.2, -0.15) is 0 Å². The minimum Gasteiger partial charge on any atom is -0.493 e. The van der Waals surface area contributed by atoms with Gasteiger partial charge in [0.05, 0.1) is 19.3 Å². The fraction of sp³-hybridized carbons (Fsp3) is 0.524. The number of amides is 2. The number of imide groups is 1. The molecule has 5 nitrogen and oxygen atoms in total. The number of unbranched alkanes of at least 4 members (excludes halogenated alkanes) is 2. The van der Waals surface area contributed by atoms with Crippen molar-refractivity contribution in [3.8, 4) is 11.5 Å². The molecule has 1 aromatic rings. The molecule has 1 atom stereocenters. The van der Waals surface area contributed by atoms with E-state index in [1.54, 1.807) is 0 Å². The Morgan fingerprint density at radius 3 is 2.15 bits per heavy atom. The number of fused-ring (bicyclic) bond motifs is 1. The van der Waals surface area contributed by atoms with E-state index < -0.39 is 0 Å². The third-order valence-electron chi connectivity index (χ3n) is 4.94. The fourth-order valence-corrected chi connectivity index (χ4v) is 3.56. The SMILES string of the molecule is CCCCOc1ccc(OCCCC)c2c1CC[C@@H]2N1C(=O)C=CC1=O. The van der Waals surface area contributed by atoms with Crippen molar-refractivity contribution >= 4 is 11.8 Å². The summed E-state index contributed by atoms with van der Waals surface area (Å²) in [5.74, 6) is 1.13. The maximum absolute atomic E-state index is 12.2. The minimum atomic E-state index is -0.272. The van der Waals surface area contributed by atoms with Gasteiger partial charge in [0.15, 0.2) is 0 Å². The molecule has 26 heavy (non-hydrogen) atoms. The van der Waals surface area contributed by atoms with Crippen molar-refractivity contribution in [2.24, 2.45) is 0 Å². The van der Waals surface area contributed by atoms with Gasteiger partial charge in [0, 0.05) is 23.3 Å². The zero-order valence-electron chi connectivity index (χ0n) is 15.6. The molecule has 0 spiro atoms. The average Bonchev–Trinajstić information content (AvgIpc) is 3.20. The van der Waals surface area contributed by atoms with Crippen molar-refractivity contribution in [2.45, 2.75) is 58.4 Å². The molecule has 0 saturated heterocycles. The van der Waals surface area contributed by atoms with Crippen LogP contribution in [0.5, 0.6) is 11.5 Å². The van der Waals surface area contributed by atoms with Crippen LogP contribution in [0.25, 0.3) is 0 Å². The first-order chi connectivity index (χ1) is 12.7. The van der Waals surface area contributed by atoms with Gasteiger partial charge in [0.2, 0.25) is 0 Å². The quantitative estimate of drug-likeness (QED) is 0.496. The molecule has 0 aromatic heterocycles. The van der Waals surface area contributed by atoms with Gasteiger partial charge in [-0.15, -0.1) is 0 Å². The van der Waals surface area contributed by atoms with E-state index in [4.69, 9.17) is 9.47 Å². The molecule has 1 aliphatic heterocycles. The Morgan fingerprint density at radius 2 is 1.54 bits per heavy atom. The summed E-state index contributed by atoms with van der Waals surface area (Å²) in [5, 5.41) is 0. The molecular weight excluding hydrogens is 330 g/mol. The molecule has 0 fully saturated rings. The Bertz CT molecular complexity index is 692. The third kappa shape index (κ3) is 3.62. The lowest BCUT2D eigenvalue weighted by Gasteiger charge is -2.25. The summed E-state index contributed by atoms with van der Waals surface area (Å²) in [4.78, 5) is 25.7. The Kier molecular flexibility index (Phi) is 5.96. The predicted octanol–water partition coefficient (Wildman–Crippen LogP) is 3.96. The van der Waals surface area contributed by atoms with Crippen molar-refractivity contribution in [3.63, 3.8) is 0 Å². The van der Waals surface area contributed by atoms with E-state index in [1.807, 2.05) is 12.1 Å². The standard InChI is InChI=1S/C21H27NO4/c1-3-5-13-25-17-9-10-18(26-14-6-4-2)21-15(17)7-8-16(21)22-19(23)11-12-20(22)24/h9-12,16H,3-8,13-14H2,1-2H3/t16-/m0/s1. The van der Waals surface area contributed by atoms with E-state index in [9.17, 15) is 9.59 Å². The normalized spacial score (nSPS) is 18.5. The topological polar surface area (TPSA) is 55.8 Å². The molecule has 5 heteroatoms. The van der Waals surface area contributed by atoms with Gasteiger partial charge in [0.1, 0.15) is 11.5 Å². The van der Waals surface area contributed by atoms with Gasteiger partial charge in [0.25, 0.3) is 11.8 Å². The molecule has 0 bridgehead atoms. The van der Waals surface area contributed by atoms with E-state index in [-0.39, 0.29) is 17.9 Å². The van der Waals surface area contributed by atoms with Crippen LogP contribution in [0.2, 0.25) is 0 Å². The predicted molar refractivity (Wildman–Crippen MR) is 99.3 cm³/mol. The molecule has 0 unspecified atom stereocenters. The van der Waals surface area contributed by atoms with Crippen molar-refractivity contribution in [1.82, 2.24) is 4.90 Å². The van der Waals surface area contributed by atoms with Gasteiger partial charge in [-0.25, -0.2) is 0 Å². The average molecular weight is 357 g/mol. The number of nitrogens with zero attached hydrogens (tertiary/aromatic N) is 1. The first kappa shape index (κ1) is 18.5. The number of carbonyl (C=O) groups is 2. The highest BCUT2D eigenvalue weighted by Gasteiger charge is 2.39. The molecular formula is C21H27NO4. The molecule has 1 aromatic carbocycles. The summed E-state index contributed by atoms with van der Waals surface area (Å²) in [6, 6.07) is 3.61. The van der Waals surface area contributed by atoms with E-state index in [1.165, 1.54) is 17.1 Å². The van der Waals surface area contributed by atoms with Crippen molar-refractivity contribution in [2.75, 3.05) is 13.2 Å². The van der Waals surface area contributed by atoms with Gasteiger partial charge in [-0.05, 0) is 37.8 Å². The Balaban J connectivity index is 1.91. The Hall–Kier alpha value is -2.30. The summed E-state index contributed by atoms with van der Waals surface area (Å²) >= 11 is 0. The summed E-state index contributed by atoms with van der Waals surface area (Å²) in [7, 11) is 0. The second-order valence-corrected chi connectivity index (χ2v) is 6.79. The second-order valence-electron chi connectivity index (χ2n) is 6.79. The largest absolute Gasteiger partial charge is 0.493 e. The van der Waals surface area contributed by atoms with Crippen LogP contribution in [-0.2, 0) is 16.0 Å². The van der Waals surface area contributed by atoms with Crippen molar-refractivity contribution in [3.05, 3.63) is 35.4 Å². The molecule has 3 rings (SSSR count). The van der Waals surface area contributed by atoms with Crippen LogP contribution in [-0.4, -0.2) is 29.9 Å². The summed E-state index contributed by atoms with van der Waals surface area (Å²) in [6.45, 7) is 5.55. The number of carbonyl (C=O) groups excluding carboxylic acids is 2. The summed E-state index contributed by atoms with van der Waals surface area (Å²) in [5.41, 5.74) is 2.02. The molecule has 0 N–H and O–H groups in total. The van der Waals surface area contributed by atoms with Crippen LogP contribution in [0.1, 0.15) is 63.1 Å². The minimum absolute atomic E-state index is 0.246. The van der Waals surface area contributed by atoms with Crippen molar-refractivity contribution < 1.29 is 19.1 Å². The van der Waals surface area contributed by atoms with Gasteiger partial charge in [-0.1, -0.05) is 26.7 Å². The third-order valence-corrected chi connectivity index (χ3v) is 4.94. The van der Waals surface area contributed by atoms with E-state index in [2.05, 4.69) is 13.8 Å². The van der Waals surface area contributed by atoms with E-state index in [0.29, 0.717) is 19.6 Å². The van der Waals surface area contributed by atoms with Gasteiger partial charge < -0.3 is 9.47 Å². The van der Waals surface area contributed by atoms with Crippen LogP contribution in [0.15, 0.2) is 24.3 Å². The van der Waals surface area contributed by atoms with Crippen LogP contribution in [0, 0.1) is 0 Å². The lowest BCUT2D eigenvalue weighted by atomic mass is 10.0. The maximum Gasteiger partial charge on any atom is 0.254 e. The maximum atomic E-state index is 12.2. The lowest BCUT2D eigenvalue weighted by Crippen LogP contribution is -2.33. The van der Waals surface area contributed by atoms with Gasteiger partial charge >= 0.3 is 0 Å². The molecule has 2 amide bonds. The zero-order valence-corrected chi connectivity index (χ0v) is 15.6. The second kappa shape index (κ2) is 8.39. The summed E-state index contributed by atoms with van der Waals surface area (Å²) < 4.78 is 12.0. The molecule has 1 heterocycles. The van der Waals surface area contributed by atoms with E-state index in [0.717, 1.165) is 54.7 Å². The van der Waals surface area contributed by atoms with Crippen LogP contribution < -0.4 is 9.47 Å². The highest BCUT2D eigenvalue weighted by molar-refractivity contribution is 6.13. The zero-order chi connectivity index (χ0) is 18.5. The molecule has 1 aliphatic carbocycles. The number of hydrogen-bond donors (Lipinski definition) is 0. The highest BCUT2D eigenvalue weighted by atomic mass is 16.5. The van der Waals surface area contributed by atoms with Crippen LogP contribution >= 0.6 is 0 Å². The van der Waals surface area contributed by atoms with E-state index >= 15 is 0 Å². The van der Waals surface area contributed by atoms with Crippen LogP contribution in [0.3, 0.4) is 0 Å². The smallest absolute Gasteiger partial charge is 0.254 e. The lowest BCUT2D eigenvalue weighted by molar-refractivity contribution is -0.139. The number of rotatable bonds is 9. The Morgan fingerprint density at radius 1 is 0.962 bits per heavy atom. The molecule has 0 radical (unpaired) electrons. The van der Waals surface area contributed by atoms with Crippen LogP contribution in [0.4, 0.5) is 0 Å². The monoisotopic (exact) mass is 357 g/mol. The first-order valence-electron chi connectivity index (χ1n) is 9.64.